The molecule has 0 unspecified atom stereocenters. The zero-order valence-electron chi connectivity index (χ0n) is 14.5. The van der Waals surface area contributed by atoms with Crippen molar-refractivity contribution in [3.63, 3.8) is 0 Å². The lowest BCUT2D eigenvalue weighted by Gasteiger charge is -2.12. The van der Waals surface area contributed by atoms with Crippen LogP contribution < -0.4 is 10.6 Å². The third-order valence-electron chi connectivity index (χ3n) is 3.74. The van der Waals surface area contributed by atoms with Gasteiger partial charge in [-0.05, 0) is 52.0 Å². The molecule has 0 saturated carbocycles. The van der Waals surface area contributed by atoms with Gasteiger partial charge in [-0.2, -0.15) is 0 Å². The van der Waals surface area contributed by atoms with E-state index in [1.807, 2.05) is 0 Å². The number of nitrogens with zero attached hydrogens (tertiary/aromatic N) is 2. The van der Waals surface area contributed by atoms with Gasteiger partial charge < -0.3 is 20.5 Å². The van der Waals surface area contributed by atoms with Crippen LogP contribution in [0.2, 0.25) is 0 Å². The number of nitrogens with one attached hydrogen (secondary N) is 3. The summed E-state index contributed by atoms with van der Waals surface area (Å²) >= 11 is 0. The topological polar surface area (TPSA) is 55.5 Å². The second-order valence-corrected chi connectivity index (χ2v) is 5.95. The molecule has 0 atom stereocenters. The summed E-state index contributed by atoms with van der Waals surface area (Å²) in [6.45, 7) is 5.77. The first-order valence-corrected chi connectivity index (χ1v) is 8.42. The van der Waals surface area contributed by atoms with Crippen LogP contribution in [-0.2, 0) is 6.42 Å². The fraction of sp³-hybridized carbons (Fsp3) is 0.500. The van der Waals surface area contributed by atoms with Crippen molar-refractivity contribution in [1.82, 2.24) is 20.5 Å². The Bertz CT molecular complexity index is 615. The summed E-state index contributed by atoms with van der Waals surface area (Å²) in [5.74, 6) is 0.908. The van der Waals surface area contributed by atoms with Gasteiger partial charge in [0.2, 0.25) is 0 Å². The van der Waals surface area contributed by atoms with Gasteiger partial charge in [0.25, 0.3) is 0 Å². The standard InChI is InChI=1S/C18H29N5/c1-4-19-18(20-11-7-13-23(2)3)21-12-10-15-14-22-17-9-6-5-8-16(15)17/h5-6,8-9,14,22H,4,7,10-13H2,1-3H3,(H2,19,20,21). The Kier molecular flexibility index (Phi) is 6.94. The molecule has 3 N–H and O–H groups in total. The van der Waals surface area contributed by atoms with E-state index in [2.05, 4.69) is 77.0 Å². The monoisotopic (exact) mass is 315 g/mol. The summed E-state index contributed by atoms with van der Waals surface area (Å²) < 4.78 is 0. The van der Waals surface area contributed by atoms with Gasteiger partial charge in [-0.3, -0.25) is 4.99 Å². The van der Waals surface area contributed by atoms with E-state index in [-0.39, 0.29) is 0 Å². The molecule has 126 valence electrons. The Morgan fingerprint density at radius 3 is 2.83 bits per heavy atom. The van der Waals surface area contributed by atoms with E-state index in [1.54, 1.807) is 0 Å². The van der Waals surface area contributed by atoms with E-state index in [0.717, 1.165) is 45.0 Å². The predicted octanol–water partition coefficient (Wildman–Crippen LogP) is 2.22. The average molecular weight is 315 g/mol. The van der Waals surface area contributed by atoms with Crippen LogP contribution in [0.25, 0.3) is 10.9 Å². The fourth-order valence-electron chi connectivity index (χ4n) is 2.57. The Hall–Kier alpha value is -2.01. The quantitative estimate of drug-likeness (QED) is 0.398. The number of H-pyrrole nitrogens is 1. The van der Waals surface area contributed by atoms with Gasteiger partial charge in [0, 0.05) is 36.7 Å². The summed E-state index contributed by atoms with van der Waals surface area (Å²) in [7, 11) is 4.18. The normalized spacial score (nSPS) is 12.1. The molecule has 0 aliphatic rings. The molecule has 2 aromatic rings. The Balaban J connectivity index is 1.82. The van der Waals surface area contributed by atoms with Gasteiger partial charge in [0.15, 0.2) is 5.96 Å². The van der Waals surface area contributed by atoms with Crippen LogP contribution in [0.5, 0.6) is 0 Å². The first-order chi connectivity index (χ1) is 11.2. The number of benzene rings is 1. The van der Waals surface area contributed by atoms with Crippen molar-refractivity contribution >= 4 is 16.9 Å². The van der Waals surface area contributed by atoms with E-state index >= 15 is 0 Å². The van der Waals surface area contributed by atoms with Crippen molar-refractivity contribution < 1.29 is 0 Å². The highest BCUT2D eigenvalue weighted by Crippen LogP contribution is 2.17. The molecule has 0 fully saturated rings. The molecule has 2 rings (SSSR count). The van der Waals surface area contributed by atoms with E-state index in [1.165, 1.54) is 16.5 Å². The molecule has 5 heteroatoms. The van der Waals surface area contributed by atoms with Crippen LogP contribution in [0.4, 0.5) is 0 Å². The Labute approximate surface area is 139 Å². The molecule has 23 heavy (non-hydrogen) atoms. The van der Waals surface area contributed by atoms with Crippen LogP contribution in [-0.4, -0.2) is 56.1 Å². The molecule has 5 nitrogen and oxygen atoms in total. The number of aromatic amines is 1. The number of hydrogen-bond acceptors (Lipinski definition) is 2. The average Bonchev–Trinajstić information content (AvgIpc) is 2.95. The molecule has 1 aromatic carbocycles. The molecule has 1 aromatic heterocycles. The van der Waals surface area contributed by atoms with Gasteiger partial charge in [0.05, 0.1) is 0 Å². The maximum Gasteiger partial charge on any atom is 0.191 e. The SMILES string of the molecule is CCNC(=NCCCN(C)C)NCCc1c[nH]c2ccccc12. The molecule has 0 spiro atoms. The third kappa shape index (κ3) is 5.60. The second-order valence-electron chi connectivity index (χ2n) is 5.95. The van der Waals surface area contributed by atoms with Crippen LogP contribution >= 0.6 is 0 Å². The number of para-hydroxylation sites is 1. The molecule has 0 aliphatic heterocycles. The van der Waals surface area contributed by atoms with Crippen molar-refractivity contribution in [2.24, 2.45) is 4.99 Å². The van der Waals surface area contributed by atoms with E-state index in [4.69, 9.17) is 0 Å². The van der Waals surface area contributed by atoms with E-state index < -0.39 is 0 Å². The predicted molar refractivity (Wildman–Crippen MR) is 99.2 cm³/mol. The largest absolute Gasteiger partial charge is 0.361 e. The second kappa shape index (κ2) is 9.20. The van der Waals surface area contributed by atoms with Crippen LogP contribution in [0.1, 0.15) is 18.9 Å². The lowest BCUT2D eigenvalue weighted by molar-refractivity contribution is 0.403. The molecule has 0 amide bonds. The number of fused-ring (bicyclic) bond motifs is 1. The van der Waals surface area contributed by atoms with E-state index in [0.29, 0.717) is 0 Å². The van der Waals surface area contributed by atoms with Gasteiger partial charge in [-0.15, -0.1) is 0 Å². The van der Waals surface area contributed by atoms with Crippen molar-refractivity contribution in [2.75, 3.05) is 40.3 Å². The van der Waals surface area contributed by atoms with Crippen molar-refractivity contribution in [3.05, 3.63) is 36.0 Å². The van der Waals surface area contributed by atoms with Crippen molar-refractivity contribution in [2.45, 2.75) is 19.8 Å². The third-order valence-corrected chi connectivity index (χ3v) is 3.74. The molecule has 0 aliphatic carbocycles. The summed E-state index contributed by atoms with van der Waals surface area (Å²) in [5, 5.41) is 8.04. The first kappa shape index (κ1) is 17.3. The van der Waals surface area contributed by atoms with Crippen molar-refractivity contribution in [1.29, 1.82) is 0 Å². The summed E-state index contributed by atoms with van der Waals surface area (Å²) in [6.07, 6.45) is 4.16. The van der Waals surface area contributed by atoms with Gasteiger partial charge in [-0.25, -0.2) is 0 Å². The maximum absolute atomic E-state index is 4.63. The first-order valence-electron chi connectivity index (χ1n) is 8.42. The minimum atomic E-state index is 0.848. The van der Waals surface area contributed by atoms with Crippen LogP contribution in [0.15, 0.2) is 35.5 Å². The summed E-state index contributed by atoms with van der Waals surface area (Å²) in [5.41, 5.74) is 2.54. The lowest BCUT2D eigenvalue weighted by Crippen LogP contribution is -2.38. The number of rotatable bonds is 8. The lowest BCUT2D eigenvalue weighted by atomic mass is 10.1. The highest BCUT2D eigenvalue weighted by molar-refractivity contribution is 5.83. The summed E-state index contributed by atoms with van der Waals surface area (Å²) in [4.78, 5) is 10.1. The van der Waals surface area contributed by atoms with Crippen LogP contribution in [0.3, 0.4) is 0 Å². The number of aromatic nitrogens is 1. The van der Waals surface area contributed by atoms with Gasteiger partial charge in [0.1, 0.15) is 0 Å². The van der Waals surface area contributed by atoms with Gasteiger partial charge >= 0.3 is 0 Å². The fourth-order valence-corrected chi connectivity index (χ4v) is 2.57. The number of guanidine groups is 1. The zero-order valence-corrected chi connectivity index (χ0v) is 14.5. The van der Waals surface area contributed by atoms with Crippen molar-refractivity contribution in [3.8, 4) is 0 Å². The molecule has 0 bridgehead atoms. The Morgan fingerprint density at radius 2 is 2.04 bits per heavy atom. The number of aliphatic imine (C=N–C) groups is 1. The smallest absolute Gasteiger partial charge is 0.191 e. The molecule has 0 radical (unpaired) electrons. The van der Waals surface area contributed by atoms with Gasteiger partial charge in [-0.1, -0.05) is 18.2 Å². The maximum atomic E-state index is 4.63. The van der Waals surface area contributed by atoms with E-state index in [9.17, 15) is 0 Å². The minimum Gasteiger partial charge on any atom is -0.361 e. The zero-order chi connectivity index (χ0) is 16.5. The minimum absolute atomic E-state index is 0.848. The highest BCUT2D eigenvalue weighted by atomic mass is 15.2. The molecular weight excluding hydrogens is 286 g/mol. The Morgan fingerprint density at radius 1 is 1.22 bits per heavy atom. The molecular formula is C18H29N5. The highest BCUT2D eigenvalue weighted by Gasteiger charge is 2.03. The summed E-state index contributed by atoms with van der Waals surface area (Å²) in [6, 6.07) is 8.43. The molecule has 0 saturated heterocycles. The number of hydrogen-bond donors (Lipinski definition) is 3. The molecule has 1 heterocycles. The van der Waals surface area contributed by atoms with Crippen LogP contribution in [0, 0.1) is 0 Å².